The normalized spacial score (nSPS) is 11.4. The van der Waals surface area contributed by atoms with Gasteiger partial charge in [-0.15, -0.1) is 0 Å². The molecule has 5 heteroatoms. The van der Waals surface area contributed by atoms with Crippen LogP contribution in [0, 0.1) is 0 Å². The average Bonchev–Trinajstić information content (AvgIpc) is 2.38. The number of halogens is 4. The molecule has 0 aliphatic rings. The monoisotopic (exact) mass is 298 g/mol. The number of rotatable bonds is 3. The molecule has 2 rings (SSSR count). The van der Waals surface area contributed by atoms with Crippen molar-refractivity contribution in [3.05, 3.63) is 70.2 Å². The summed E-state index contributed by atoms with van der Waals surface area (Å²) in [5.74, 6) is -0.271. The van der Waals surface area contributed by atoms with Crippen molar-refractivity contribution < 1.29 is 18.0 Å². The van der Waals surface area contributed by atoms with Gasteiger partial charge in [0.05, 0.1) is 10.6 Å². The molecule has 2 aromatic rings. The summed E-state index contributed by atoms with van der Waals surface area (Å²) in [5, 5.41) is -0.462. The molecule has 2 aromatic carbocycles. The van der Waals surface area contributed by atoms with Gasteiger partial charge in [-0.3, -0.25) is 4.79 Å². The van der Waals surface area contributed by atoms with Crippen LogP contribution in [0.3, 0.4) is 0 Å². The third-order valence-corrected chi connectivity index (χ3v) is 3.12. The zero-order valence-electron chi connectivity index (χ0n) is 10.2. The van der Waals surface area contributed by atoms with Gasteiger partial charge in [0.1, 0.15) is 0 Å². The van der Waals surface area contributed by atoms with Crippen LogP contribution in [-0.4, -0.2) is 5.78 Å². The van der Waals surface area contributed by atoms with Crippen LogP contribution in [0.1, 0.15) is 21.5 Å². The van der Waals surface area contributed by atoms with Crippen LogP contribution in [0.2, 0.25) is 5.02 Å². The van der Waals surface area contributed by atoms with Gasteiger partial charge in [0.2, 0.25) is 0 Å². The van der Waals surface area contributed by atoms with E-state index in [4.69, 9.17) is 11.6 Å². The van der Waals surface area contributed by atoms with Gasteiger partial charge in [-0.1, -0.05) is 48.0 Å². The lowest BCUT2D eigenvalue weighted by atomic mass is 10.0. The molecule has 0 saturated carbocycles. The van der Waals surface area contributed by atoms with E-state index >= 15 is 0 Å². The summed E-state index contributed by atoms with van der Waals surface area (Å²) in [7, 11) is 0. The van der Waals surface area contributed by atoms with E-state index in [0.29, 0.717) is 0 Å². The van der Waals surface area contributed by atoms with Crippen molar-refractivity contribution in [2.75, 3.05) is 0 Å². The Kier molecular flexibility index (Phi) is 4.14. The molecule has 0 unspecified atom stereocenters. The predicted molar refractivity (Wildman–Crippen MR) is 70.9 cm³/mol. The van der Waals surface area contributed by atoms with Crippen molar-refractivity contribution in [3.8, 4) is 0 Å². The summed E-state index contributed by atoms with van der Waals surface area (Å²) >= 11 is 5.59. The average molecular weight is 299 g/mol. The first-order valence-corrected chi connectivity index (χ1v) is 6.19. The number of Topliss-reactive ketones (excluding diaryl/α,β-unsaturated/α-hetero) is 1. The smallest absolute Gasteiger partial charge is 0.294 e. The Labute approximate surface area is 119 Å². The van der Waals surface area contributed by atoms with E-state index in [0.717, 1.165) is 23.8 Å². The standard InChI is InChI=1S/C15H10ClF3O/c16-13-9-11(6-7-12(13)15(17,18)19)14(20)8-10-4-2-1-3-5-10/h1-7,9H,8H2. The second-order valence-electron chi connectivity index (χ2n) is 4.28. The summed E-state index contributed by atoms with van der Waals surface area (Å²) in [5.41, 5.74) is 0.0378. The number of alkyl halides is 3. The number of hydrogen-bond acceptors (Lipinski definition) is 1. The van der Waals surface area contributed by atoms with Gasteiger partial charge in [-0.25, -0.2) is 0 Å². The molecule has 0 N–H and O–H groups in total. The van der Waals surface area contributed by atoms with Crippen LogP contribution in [0.15, 0.2) is 48.5 Å². The molecule has 0 atom stereocenters. The third-order valence-electron chi connectivity index (χ3n) is 2.80. The number of benzene rings is 2. The maximum Gasteiger partial charge on any atom is 0.417 e. The van der Waals surface area contributed by atoms with E-state index in [1.807, 2.05) is 6.07 Å². The second kappa shape index (κ2) is 5.67. The maximum absolute atomic E-state index is 12.6. The lowest BCUT2D eigenvalue weighted by Crippen LogP contribution is -2.08. The lowest BCUT2D eigenvalue weighted by Gasteiger charge is -2.10. The highest BCUT2D eigenvalue weighted by Gasteiger charge is 2.33. The molecule has 0 radical (unpaired) electrons. The van der Waals surface area contributed by atoms with E-state index in [1.165, 1.54) is 0 Å². The van der Waals surface area contributed by atoms with Crippen molar-refractivity contribution in [2.24, 2.45) is 0 Å². The van der Waals surface area contributed by atoms with Gasteiger partial charge in [0.15, 0.2) is 5.78 Å². The SMILES string of the molecule is O=C(Cc1ccccc1)c1ccc(C(F)(F)F)c(Cl)c1. The number of carbonyl (C=O) groups is 1. The van der Waals surface area contributed by atoms with Gasteiger partial charge in [0, 0.05) is 12.0 Å². The third kappa shape index (κ3) is 3.39. The molecule has 0 spiro atoms. The maximum atomic E-state index is 12.6. The highest BCUT2D eigenvalue weighted by atomic mass is 35.5. The predicted octanol–water partition coefficient (Wildman–Crippen LogP) is 4.78. The van der Waals surface area contributed by atoms with Crippen molar-refractivity contribution in [1.29, 1.82) is 0 Å². The summed E-state index contributed by atoms with van der Waals surface area (Å²) in [4.78, 5) is 12.0. The van der Waals surface area contributed by atoms with Crippen molar-refractivity contribution in [2.45, 2.75) is 12.6 Å². The summed E-state index contributed by atoms with van der Waals surface area (Å²) in [6, 6.07) is 12.0. The Balaban J connectivity index is 2.22. The van der Waals surface area contributed by atoms with E-state index in [2.05, 4.69) is 0 Å². The molecule has 0 heterocycles. The molecule has 0 aromatic heterocycles. The van der Waals surface area contributed by atoms with E-state index in [1.54, 1.807) is 24.3 Å². The minimum Gasteiger partial charge on any atom is -0.294 e. The van der Waals surface area contributed by atoms with Crippen LogP contribution < -0.4 is 0 Å². The Morgan fingerprint density at radius 2 is 1.70 bits per heavy atom. The largest absolute Gasteiger partial charge is 0.417 e. The molecule has 1 nitrogen and oxygen atoms in total. The Morgan fingerprint density at radius 1 is 1.05 bits per heavy atom. The highest BCUT2D eigenvalue weighted by Crippen LogP contribution is 2.35. The Bertz CT molecular complexity index is 621. The van der Waals surface area contributed by atoms with Crippen molar-refractivity contribution >= 4 is 17.4 Å². The number of ketones is 1. The minimum absolute atomic E-state index is 0.128. The van der Waals surface area contributed by atoms with E-state index < -0.39 is 16.8 Å². The fourth-order valence-electron chi connectivity index (χ4n) is 1.80. The zero-order valence-corrected chi connectivity index (χ0v) is 11.0. The van der Waals surface area contributed by atoms with Crippen LogP contribution in [0.4, 0.5) is 13.2 Å². The molecule has 0 fully saturated rings. The molecule has 0 aliphatic carbocycles. The number of hydrogen-bond donors (Lipinski definition) is 0. The van der Waals surface area contributed by atoms with Gasteiger partial charge in [-0.2, -0.15) is 13.2 Å². The fourth-order valence-corrected chi connectivity index (χ4v) is 2.09. The van der Waals surface area contributed by atoms with Crippen LogP contribution in [0.25, 0.3) is 0 Å². The van der Waals surface area contributed by atoms with Gasteiger partial charge >= 0.3 is 6.18 Å². The molecule has 104 valence electrons. The summed E-state index contributed by atoms with van der Waals surface area (Å²) in [6.45, 7) is 0. The van der Waals surface area contributed by atoms with Gasteiger partial charge in [-0.05, 0) is 17.7 Å². The highest BCUT2D eigenvalue weighted by molar-refractivity contribution is 6.31. The van der Waals surface area contributed by atoms with Crippen LogP contribution in [-0.2, 0) is 12.6 Å². The first-order valence-electron chi connectivity index (χ1n) is 5.82. The van der Waals surface area contributed by atoms with E-state index in [-0.39, 0.29) is 17.8 Å². The van der Waals surface area contributed by atoms with Crippen LogP contribution >= 0.6 is 11.6 Å². The first-order chi connectivity index (χ1) is 9.38. The Morgan fingerprint density at radius 3 is 2.25 bits per heavy atom. The van der Waals surface area contributed by atoms with Crippen LogP contribution in [0.5, 0.6) is 0 Å². The molecular formula is C15H10ClF3O. The quantitative estimate of drug-likeness (QED) is 0.745. The molecular weight excluding hydrogens is 289 g/mol. The van der Waals surface area contributed by atoms with Crippen molar-refractivity contribution in [3.63, 3.8) is 0 Å². The molecule has 0 aliphatic heterocycles. The molecule has 0 bridgehead atoms. The fraction of sp³-hybridized carbons (Fsp3) is 0.133. The zero-order chi connectivity index (χ0) is 14.8. The first kappa shape index (κ1) is 14.6. The van der Waals surface area contributed by atoms with Gasteiger partial charge < -0.3 is 0 Å². The minimum atomic E-state index is -4.52. The van der Waals surface area contributed by atoms with E-state index in [9.17, 15) is 18.0 Å². The Hall–Kier alpha value is -1.81. The number of carbonyl (C=O) groups excluding carboxylic acids is 1. The lowest BCUT2D eigenvalue weighted by molar-refractivity contribution is -0.137. The van der Waals surface area contributed by atoms with Gasteiger partial charge in [0.25, 0.3) is 0 Å². The summed E-state index contributed by atoms with van der Waals surface area (Å²) < 4.78 is 37.7. The molecule has 20 heavy (non-hydrogen) atoms. The topological polar surface area (TPSA) is 17.1 Å². The molecule has 0 amide bonds. The summed E-state index contributed by atoms with van der Waals surface area (Å²) in [6.07, 6.45) is -4.39. The second-order valence-corrected chi connectivity index (χ2v) is 4.69. The molecule has 0 saturated heterocycles. The van der Waals surface area contributed by atoms with Crippen molar-refractivity contribution in [1.82, 2.24) is 0 Å².